The molecule has 1 aromatic rings. The zero-order valence-electron chi connectivity index (χ0n) is 7.86. The van der Waals surface area contributed by atoms with Gasteiger partial charge in [-0.15, -0.1) is 0 Å². The first-order valence-corrected chi connectivity index (χ1v) is 4.00. The number of rotatable bonds is 3. The van der Waals surface area contributed by atoms with Gasteiger partial charge < -0.3 is 14.9 Å². The van der Waals surface area contributed by atoms with E-state index in [1.54, 1.807) is 6.92 Å². The number of ether oxygens (including phenoxy) is 1. The highest BCUT2D eigenvalue weighted by molar-refractivity contribution is 6.01. The van der Waals surface area contributed by atoms with Crippen LogP contribution in [0.2, 0.25) is 0 Å². The maximum Gasteiger partial charge on any atom is 0.361 e. The van der Waals surface area contributed by atoms with Crippen molar-refractivity contribution in [2.24, 2.45) is 5.73 Å². The molecule has 6 nitrogen and oxygen atoms in total. The van der Waals surface area contributed by atoms with Crippen LogP contribution in [0.4, 0.5) is 0 Å². The molecule has 0 radical (unpaired) electrons. The molecule has 0 saturated heterocycles. The molecule has 1 heterocycles. The van der Waals surface area contributed by atoms with Crippen LogP contribution in [-0.4, -0.2) is 23.5 Å². The Bertz CT molecular complexity index is 369. The number of carbonyl (C=O) groups is 2. The lowest BCUT2D eigenvalue weighted by Crippen LogP contribution is -2.16. The molecule has 2 N–H and O–H groups in total. The molecule has 14 heavy (non-hydrogen) atoms. The Morgan fingerprint density at radius 2 is 2.21 bits per heavy atom. The van der Waals surface area contributed by atoms with Crippen LogP contribution >= 0.6 is 0 Å². The van der Waals surface area contributed by atoms with E-state index in [4.69, 9.17) is 10.2 Å². The number of nitrogens with two attached hydrogens (primary N) is 1. The van der Waals surface area contributed by atoms with Gasteiger partial charge in [-0.05, 0) is 6.92 Å². The summed E-state index contributed by atoms with van der Waals surface area (Å²) in [5, 5.41) is 0. The van der Waals surface area contributed by atoms with E-state index in [0.29, 0.717) is 0 Å². The number of amides is 1. The topological polar surface area (TPSA) is 95.4 Å². The quantitative estimate of drug-likeness (QED) is 0.702. The largest absolute Gasteiger partial charge is 0.461 e. The molecule has 1 aromatic heterocycles. The van der Waals surface area contributed by atoms with E-state index in [0.717, 1.165) is 0 Å². The number of esters is 1. The lowest BCUT2D eigenvalue weighted by atomic mass is 10.3. The predicted molar refractivity (Wildman–Crippen MR) is 45.7 cm³/mol. The van der Waals surface area contributed by atoms with Crippen LogP contribution < -0.4 is 5.73 Å². The molecule has 0 spiro atoms. The number of oxazole rings is 1. The van der Waals surface area contributed by atoms with Crippen LogP contribution in [0.5, 0.6) is 0 Å². The van der Waals surface area contributed by atoms with E-state index in [1.165, 1.54) is 6.92 Å². The summed E-state index contributed by atoms with van der Waals surface area (Å²) in [6, 6.07) is 0. The highest BCUT2D eigenvalue weighted by Gasteiger charge is 2.23. The normalized spacial score (nSPS) is 9.86. The summed E-state index contributed by atoms with van der Waals surface area (Å²) >= 11 is 0. The number of aromatic nitrogens is 1. The standard InChI is InChI=1S/C8H10N2O4/c1-3-13-8(12)5-6(7(9)11)14-4(2)10-5/h3H2,1-2H3,(H2,9,11). The van der Waals surface area contributed by atoms with Crippen LogP contribution in [0, 0.1) is 6.92 Å². The Morgan fingerprint density at radius 1 is 1.57 bits per heavy atom. The van der Waals surface area contributed by atoms with Crippen LogP contribution in [0.1, 0.15) is 33.9 Å². The molecular formula is C8H10N2O4. The van der Waals surface area contributed by atoms with Gasteiger partial charge in [0.1, 0.15) is 0 Å². The van der Waals surface area contributed by atoms with Gasteiger partial charge in [0.25, 0.3) is 5.91 Å². The summed E-state index contributed by atoms with van der Waals surface area (Å²) in [6.45, 7) is 3.35. The first-order chi connectivity index (χ1) is 6.56. The lowest BCUT2D eigenvalue weighted by Gasteiger charge is -1.97. The second-order valence-electron chi connectivity index (χ2n) is 2.50. The third-order valence-electron chi connectivity index (χ3n) is 1.43. The van der Waals surface area contributed by atoms with E-state index in [-0.39, 0.29) is 24.0 Å². The van der Waals surface area contributed by atoms with E-state index >= 15 is 0 Å². The molecular weight excluding hydrogens is 188 g/mol. The Hall–Kier alpha value is -1.85. The molecule has 0 aliphatic heterocycles. The van der Waals surface area contributed by atoms with E-state index in [1.807, 2.05) is 0 Å². The Balaban J connectivity index is 3.06. The molecule has 1 amide bonds. The first-order valence-electron chi connectivity index (χ1n) is 4.00. The molecule has 6 heteroatoms. The SMILES string of the molecule is CCOC(=O)c1nc(C)oc1C(N)=O. The van der Waals surface area contributed by atoms with Gasteiger partial charge in [0, 0.05) is 6.92 Å². The fraction of sp³-hybridized carbons (Fsp3) is 0.375. The van der Waals surface area contributed by atoms with Crippen LogP contribution in [0.3, 0.4) is 0 Å². The summed E-state index contributed by atoms with van der Waals surface area (Å²) in [4.78, 5) is 25.8. The average molecular weight is 198 g/mol. The molecule has 0 atom stereocenters. The Labute approximate surface area is 80.0 Å². The fourth-order valence-corrected chi connectivity index (χ4v) is 0.932. The van der Waals surface area contributed by atoms with Gasteiger partial charge in [0.05, 0.1) is 6.61 Å². The molecule has 0 unspecified atom stereocenters. The van der Waals surface area contributed by atoms with Crippen LogP contribution in [0.15, 0.2) is 4.42 Å². The summed E-state index contributed by atoms with van der Waals surface area (Å²) in [6.07, 6.45) is 0. The summed E-state index contributed by atoms with van der Waals surface area (Å²) in [7, 11) is 0. The number of hydrogen-bond donors (Lipinski definition) is 1. The Morgan fingerprint density at radius 3 is 2.71 bits per heavy atom. The average Bonchev–Trinajstić information content (AvgIpc) is 2.48. The third-order valence-corrected chi connectivity index (χ3v) is 1.43. The number of carbonyl (C=O) groups excluding carboxylic acids is 2. The van der Waals surface area contributed by atoms with E-state index in [9.17, 15) is 9.59 Å². The lowest BCUT2D eigenvalue weighted by molar-refractivity contribution is 0.0515. The van der Waals surface area contributed by atoms with Crippen molar-refractivity contribution in [3.05, 3.63) is 17.3 Å². The third kappa shape index (κ3) is 1.90. The highest BCUT2D eigenvalue weighted by Crippen LogP contribution is 2.10. The zero-order chi connectivity index (χ0) is 10.7. The number of nitrogens with zero attached hydrogens (tertiary/aromatic N) is 1. The number of aryl methyl sites for hydroxylation is 1. The van der Waals surface area contributed by atoms with Gasteiger partial charge in [-0.2, -0.15) is 0 Å². The van der Waals surface area contributed by atoms with Gasteiger partial charge in [-0.1, -0.05) is 0 Å². The van der Waals surface area contributed by atoms with Crippen molar-refractivity contribution in [3.8, 4) is 0 Å². The van der Waals surface area contributed by atoms with Gasteiger partial charge in [-0.25, -0.2) is 9.78 Å². The van der Waals surface area contributed by atoms with Crippen LogP contribution in [0.25, 0.3) is 0 Å². The van der Waals surface area contributed by atoms with E-state index in [2.05, 4.69) is 9.72 Å². The fourth-order valence-electron chi connectivity index (χ4n) is 0.932. The first kappa shape index (κ1) is 10.2. The van der Waals surface area contributed by atoms with Gasteiger partial charge in [0.15, 0.2) is 11.6 Å². The minimum absolute atomic E-state index is 0.170. The Kier molecular flexibility index (Phi) is 2.85. The molecule has 0 saturated carbocycles. The minimum atomic E-state index is -0.839. The zero-order valence-corrected chi connectivity index (χ0v) is 7.86. The molecule has 1 rings (SSSR count). The van der Waals surface area contributed by atoms with Crippen molar-refractivity contribution >= 4 is 11.9 Å². The maximum atomic E-state index is 11.2. The van der Waals surface area contributed by atoms with Crippen molar-refractivity contribution in [1.82, 2.24) is 4.98 Å². The van der Waals surface area contributed by atoms with Crippen molar-refractivity contribution in [2.75, 3.05) is 6.61 Å². The van der Waals surface area contributed by atoms with Gasteiger partial charge in [-0.3, -0.25) is 4.79 Å². The van der Waals surface area contributed by atoms with Crippen molar-refractivity contribution in [2.45, 2.75) is 13.8 Å². The second-order valence-corrected chi connectivity index (χ2v) is 2.50. The molecule has 0 aliphatic rings. The number of primary amides is 1. The molecule has 0 aliphatic carbocycles. The van der Waals surface area contributed by atoms with E-state index < -0.39 is 11.9 Å². The van der Waals surface area contributed by atoms with Crippen molar-refractivity contribution in [1.29, 1.82) is 0 Å². The van der Waals surface area contributed by atoms with Crippen molar-refractivity contribution < 1.29 is 18.7 Å². The highest BCUT2D eigenvalue weighted by atomic mass is 16.5. The van der Waals surface area contributed by atoms with Gasteiger partial charge >= 0.3 is 5.97 Å². The summed E-state index contributed by atoms with van der Waals surface area (Å²) in [5.74, 6) is -1.62. The molecule has 76 valence electrons. The number of hydrogen-bond acceptors (Lipinski definition) is 5. The molecule has 0 fully saturated rings. The van der Waals surface area contributed by atoms with Crippen molar-refractivity contribution in [3.63, 3.8) is 0 Å². The summed E-state index contributed by atoms with van der Waals surface area (Å²) < 4.78 is 9.52. The summed E-state index contributed by atoms with van der Waals surface area (Å²) in [5.41, 5.74) is 4.81. The smallest absolute Gasteiger partial charge is 0.361 e. The van der Waals surface area contributed by atoms with Crippen LogP contribution in [-0.2, 0) is 4.74 Å². The minimum Gasteiger partial charge on any atom is -0.461 e. The molecule has 0 aromatic carbocycles. The van der Waals surface area contributed by atoms with Gasteiger partial charge in [0.2, 0.25) is 5.76 Å². The maximum absolute atomic E-state index is 11.2. The predicted octanol–water partition coefficient (Wildman–Crippen LogP) is 0.259. The molecule has 0 bridgehead atoms. The second kappa shape index (κ2) is 3.91. The monoisotopic (exact) mass is 198 g/mol.